The SMILES string of the molecule is CCN(Cc1cccs1)c1c(N)cc(N)c(Cl)c1F. The van der Waals surface area contributed by atoms with Crippen LogP contribution in [-0.4, -0.2) is 6.54 Å². The van der Waals surface area contributed by atoms with Gasteiger partial charge in [-0.05, 0) is 24.4 Å². The Bertz CT molecular complexity index is 572. The summed E-state index contributed by atoms with van der Waals surface area (Å²) < 4.78 is 14.3. The number of hydrogen-bond acceptors (Lipinski definition) is 4. The average molecular weight is 300 g/mol. The molecule has 0 aliphatic heterocycles. The standard InChI is InChI=1S/C13H15ClFN3S/c1-2-18(7-8-4-3-5-19-8)13-10(17)6-9(16)11(14)12(13)15/h3-6H,2,7,16-17H2,1H3. The van der Waals surface area contributed by atoms with Gasteiger partial charge in [0.05, 0.1) is 23.6 Å². The lowest BCUT2D eigenvalue weighted by molar-refractivity contribution is 0.620. The van der Waals surface area contributed by atoms with E-state index in [1.807, 2.05) is 29.3 Å². The zero-order chi connectivity index (χ0) is 14.0. The first kappa shape index (κ1) is 14.0. The Morgan fingerprint density at radius 2 is 2.11 bits per heavy atom. The Morgan fingerprint density at radius 3 is 2.68 bits per heavy atom. The van der Waals surface area contributed by atoms with Crippen LogP contribution in [-0.2, 0) is 6.54 Å². The number of halogens is 2. The molecule has 19 heavy (non-hydrogen) atoms. The van der Waals surface area contributed by atoms with Gasteiger partial charge in [0.2, 0.25) is 0 Å². The zero-order valence-corrected chi connectivity index (χ0v) is 12.1. The highest BCUT2D eigenvalue weighted by molar-refractivity contribution is 7.09. The summed E-state index contributed by atoms with van der Waals surface area (Å²) in [4.78, 5) is 2.98. The number of benzene rings is 1. The smallest absolute Gasteiger partial charge is 0.169 e. The molecular weight excluding hydrogens is 285 g/mol. The van der Waals surface area contributed by atoms with Gasteiger partial charge in [-0.25, -0.2) is 4.39 Å². The van der Waals surface area contributed by atoms with Crippen LogP contribution in [0.25, 0.3) is 0 Å². The van der Waals surface area contributed by atoms with E-state index >= 15 is 0 Å². The van der Waals surface area contributed by atoms with Gasteiger partial charge in [0, 0.05) is 11.4 Å². The van der Waals surface area contributed by atoms with Gasteiger partial charge in [-0.1, -0.05) is 17.7 Å². The summed E-state index contributed by atoms with van der Waals surface area (Å²) in [6, 6.07) is 5.46. The minimum absolute atomic E-state index is 0.0752. The van der Waals surface area contributed by atoms with E-state index in [1.165, 1.54) is 6.07 Å². The summed E-state index contributed by atoms with van der Waals surface area (Å²) in [5.74, 6) is -0.558. The summed E-state index contributed by atoms with van der Waals surface area (Å²) in [6.45, 7) is 3.16. The minimum Gasteiger partial charge on any atom is -0.397 e. The first-order chi connectivity index (χ1) is 9.04. The molecule has 1 heterocycles. The molecule has 2 aromatic rings. The van der Waals surface area contributed by atoms with Gasteiger partial charge in [-0.2, -0.15) is 0 Å². The number of thiophene rings is 1. The molecule has 1 aromatic carbocycles. The summed E-state index contributed by atoms with van der Waals surface area (Å²) >= 11 is 7.48. The molecule has 0 unspecified atom stereocenters. The molecule has 0 saturated heterocycles. The third-order valence-electron chi connectivity index (χ3n) is 2.86. The van der Waals surface area contributed by atoms with E-state index in [4.69, 9.17) is 23.1 Å². The predicted octanol–water partition coefficient (Wildman–Crippen LogP) is 3.73. The van der Waals surface area contributed by atoms with Crippen molar-refractivity contribution in [3.63, 3.8) is 0 Å². The van der Waals surface area contributed by atoms with Crippen LogP contribution in [0.5, 0.6) is 0 Å². The van der Waals surface area contributed by atoms with E-state index in [2.05, 4.69) is 0 Å². The number of anilines is 3. The Labute approximate surface area is 120 Å². The Balaban J connectivity index is 2.41. The number of nitrogen functional groups attached to an aromatic ring is 2. The molecule has 0 radical (unpaired) electrons. The molecule has 0 aliphatic rings. The maximum atomic E-state index is 14.3. The molecule has 0 spiro atoms. The van der Waals surface area contributed by atoms with Crippen LogP contribution in [0.4, 0.5) is 21.5 Å². The maximum absolute atomic E-state index is 14.3. The lowest BCUT2D eigenvalue weighted by atomic mass is 10.2. The monoisotopic (exact) mass is 299 g/mol. The second-order valence-electron chi connectivity index (χ2n) is 4.13. The molecular formula is C13H15ClFN3S. The molecule has 102 valence electrons. The van der Waals surface area contributed by atoms with Gasteiger partial charge < -0.3 is 16.4 Å². The minimum atomic E-state index is -0.558. The molecule has 0 bridgehead atoms. The van der Waals surface area contributed by atoms with Crippen molar-refractivity contribution < 1.29 is 4.39 Å². The largest absolute Gasteiger partial charge is 0.397 e. The van der Waals surface area contributed by atoms with Crippen LogP contribution in [0.15, 0.2) is 23.6 Å². The van der Waals surface area contributed by atoms with Crippen molar-refractivity contribution in [2.45, 2.75) is 13.5 Å². The number of nitrogens with zero attached hydrogens (tertiary/aromatic N) is 1. The second-order valence-corrected chi connectivity index (χ2v) is 5.54. The summed E-state index contributed by atoms with van der Waals surface area (Å²) in [5, 5.41) is 1.91. The topological polar surface area (TPSA) is 55.3 Å². The first-order valence-corrected chi connectivity index (χ1v) is 7.10. The molecule has 1 aromatic heterocycles. The first-order valence-electron chi connectivity index (χ1n) is 5.84. The van der Waals surface area contributed by atoms with Crippen LogP contribution >= 0.6 is 22.9 Å². The van der Waals surface area contributed by atoms with Gasteiger partial charge in [0.15, 0.2) is 5.82 Å². The van der Waals surface area contributed by atoms with E-state index in [0.717, 1.165) is 4.88 Å². The van der Waals surface area contributed by atoms with E-state index in [-0.39, 0.29) is 10.7 Å². The van der Waals surface area contributed by atoms with Crippen LogP contribution in [0, 0.1) is 5.82 Å². The van der Waals surface area contributed by atoms with Gasteiger partial charge >= 0.3 is 0 Å². The van der Waals surface area contributed by atoms with Gasteiger partial charge in [-0.3, -0.25) is 0 Å². The van der Waals surface area contributed by atoms with Crippen molar-refractivity contribution in [3.8, 4) is 0 Å². The lowest BCUT2D eigenvalue weighted by Crippen LogP contribution is -2.24. The number of rotatable bonds is 4. The Morgan fingerprint density at radius 1 is 1.37 bits per heavy atom. The normalized spacial score (nSPS) is 10.7. The summed E-state index contributed by atoms with van der Waals surface area (Å²) in [5.41, 5.74) is 12.3. The van der Waals surface area contributed by atoms with Crippen molar-refractivity contribution in [2.24, 2.45) is 0 Å². The fourth-order valence-electron chi connectivity index (χ4n) is 1.92. The number of hydrogen-bond donors (Lipinski definition) is 2. The molecule has 3 nitrogen and oxygen atoms in total. The Kier molecular flexibility index (Phi) is 4.17. The van der Waals surface area contributed by atoms with Gasteiger partial charge in [0.1, 0.15) is 5.02 Å². The van der Waals surface area contributed by atoms with E-state index in [1.54, 1.807) is 11.3 Å². The van der Waals surface area contributed by atoms with Gasteiger partial charge in [0.25, 0.3) is 0 Å². The number of nitrogens with two attached hydrogens (primary N) is 2. The van der Waals surface area contributed by atoms with Crippen LogP contribution in [0.3, 0.4) is 0 Å². The average Bonchev–Trinajstić information content (AvgIpc) is 2.87. The van der Waals surface area contributed by atoms with Crippen molar-refractivity contribution in [1.29, 1.82) is 0 Å². The van der Waals surface area contributed by atoms with Crippen molar-refractivity contribution in [1.82, 2.24) is 0 Å². The third kappa shape index (κ3) is 2.77. The van der Waals surface area contributed by atoms with Gasteiger partial charge in [-0.15, -0.1) is 11.3 Å². The highest BCUT2D eigenvalue weighted by Crippen LogP contribution is 2.36. The third-order valence-corrected chi connectivity index (χ3v) is 4.11. The fourth-order valence-corrected chi connectivity index (χ4v) is 2.78. The van der Waals surface area contributed by atoms with E-state index in [0.29, 0.717) is 24.5 Å². The van der Waals surface area contributed by atoms with Crippen molar-refractivity contribution in [3.05, 3.63) is 39.3 Å². The molecule has 0 aliphatic carbocycles. The quantitative estimate of drug-likeness (QED) is 0.846. The Hall–Kier alpha value is -1.46. The van der Waals surface area contributed by atoms with Crippen molar-refractivity contribution >= 4 is 40.0 Å². The molecule has 0 amide bonds. The highest BCUT2D eigenvalue weighted by atomic mass is 35.5. The van der Waals surface area contributed by atoms with E-state index < -0.39 is 5.82 Å². The second kappa shape index (κ2) is 5.67. The molecule has 4 N–H and O–H groups in total. The van der Waals surface area contributed by atoms with E-state index in [9.17, 15) is 4.39 Å². The fraction of sp³-hybridized carbons (Fsp3) is 0.231. The summed E-state index contributed by atoms with van der Waals surface area (Å²) in [7, 11) is 0. The maximum Gasteiger partial charge on any atom is 0.169 e. The molecule has 2 rings (SSSR count). The predicted molar refractivity (Wildman–Crippen MR) is 81.3 cm³/mol. The lowest BCUT2D eigenvalue weighted by Gasteiger charge is -2.25. The van der Waals surface area contributed by atoms with Crippen LogP contribution < -0.4 is 16.4 Å². The molecule has 0 fully saturated rings. The van der Waals surface area contributed by atoms with Crippen LogP contribution in [0.1, 0.15) is 11.8 Å². The van der Waals surface area contributed by atoms with Crippen molar-refractivity contribution in [2.75, 3.05) is 22.9 Å². The summed E-state index contributed by atoms with van der Waals surface area (Å²) in [6.07, 6.45) is 0. The molecule has 0 atom stereocenters. The highest BCUT2D eigenvalue weighted by Gasteiger charge is 2.19. The zero-order valence-electron chi connectivity index (χ0n) is 10.5. The van der Waals surface area contributed by atoms with Crippen LogP contribution in [0.2, 0.25) is 5.02 Å². The molecule has 6 heteroatoms. The molecule has 0 saturated carbocycles.